The molecular formula is C52H71ClF3N7O4. The summed E-state index contributed by atoms with van der Waals surface area (Å²) in [6, 6.07) is 20.0. The Morgan fingerprint density at radius 1 is 0.701 bits per heavy atom. The monoisotopic (exact) mass is 950 g/mol. The predicted molar refractivity (Wildman–Crippen MR) is 257 cm³/mol. The molecule has 2 saturated carbocycles. The lowest BCUT2D eigenvalue weighted by Crippen LogP contribution is -2.58. The Bertz CT molecular complexity index is 2140. The number of nitrogens with one attached hydrogen (secondary N) is 4. The Morgan fingerprint density at radius 2 is 1.24 bits per heavy atom. The largest absolute Gasteiger partial charge is 0.416 e. The maximum atomic E-state index is 14.2. The quantitative estimate of drug-likeness (QED) is 0.104. The number of alkyl halides is 3. The molecule has 3 unspecified atom stereocenters. The lowest BCUT2D eigenvalue weighted by molar-refractivity contribution is -0.137. The number of rotatable bonds is 18. The number of likely N-dealkylation sites (N-methyl/N-ethyl adjacent to an activating group) is 2. The van der Waals surface area contributed by atoms with Gasteiger partial charge in [-0.2, -0.15) is 13.2 Å². The van der Waals surface area contributed by atoms with Crippen LogP contribution in [0.3, 0.4) is 0 Å². The third kappa shape index (κ3) is 14.3. The minimum absolute atomic E-state index is 0.00208. The van der Waals surface area contributed by atoms with Crippen molar-refractivity contribution in [3.63, 3.8) is 0 Å². The van der Waals surface area contributed by atoms with Gasteiger partial charge in [0.15, 0.2) is 0 Å². The van der Waals surface area contributed by atoms with E-state index < -0.39 is 41.4 Å². The van der Waals surface area contributed by atoms with E-state index in [9.17, 15) is 32.3 Å². The summed E-state index contributed by atoms with van der Waals surface area (Å²) in [6.07, 6.45) is 4.32. The molecular weight excluding hydrogens is 879 g/mol. The van der Waals surface area contributed by atoms with Gasteiger partial charge in [0, 0.05) is 66.7 Å². The molecule has 3 aromatic carbocycles. The average Bonchev–Trinajstić information content (AvgIpc) is 3.72. The predicted octanol–water partition coefficient (Wildman–Crippen LogP) is 7.46. The van der Waals surface area contributed by atoms with E-state index in [0.717, 1.165) is 69.1 Å². The number of carbonyl (C=O) groups excluding carboxylic acids is 4. The SMILES string of the molecule is Cc1cccc(CC2(N(C)C)CCC(NC(=O)CCC(=O)NC(C(=O)NC3CCC(Cc4ccc(Cl)cc4)(N(C)C)CC3)C(C)C(=O)NC3CCN(Cc4ccc(C(F)(F)F)cc4)C3)CC2)c1. The van der Waals surface area contributed by atoms with E-state index in [2.05, 4.69) is 95.3 Å². The highest BCUT2D eigenvalue weighted by atomic mass is 35.5. The zero-order valence-corrected chi connectivity index (χ0v) is 40.9. The molecule has 0 aromatic heterocycles. The van der Waals surface area contributed by atoms with E-state index in [4.69, 9.17) is 11.6 Å². The number of hydrogen-bond acceptors (Lipinski definition) is 7. The molecule has 366 valence electrons. The molecule has 1 saturated heterocycles. The molecule has 2 aliphatic carbocycles. The summed E-state index contributed by atoms with van der Waals surface area (Å²) >= 11 is 6.16. The van der Waals surface area contributed by atoms with Crippen LogP contribution < -0.4 is 21.3 Å². The zero-order valence-electron chi connectivity index (χ0n) is 40.1. The second-order valence-corrected chi connectivity index (χ2v) is 20.5. The summed E-state index contributed by atoms with van der Waals surface area (Å²) in [5.41, 5.74) is 3.62. The number of nitrogens with zero attached hydrogens (tertiary/aromatic N) is 3. The molecule has 11 nitrogen and oxygen atoms in total. The zero-order chi connectivity index (χ0) is 48.5. The summed E-state index contributed by atoms with van der Waals surface area (Å²) in [4.78, 5) is 61.7. The van der Waals surface area contributed by atoms with Gasteiger partial charge in [-0.25, -0.2) is 0 Å². The normalized spacial score (nSPS) is 24.5. The van der Waals surface area contributed by atoms with Crippen molar-refractivity contribution in [1.29, 1.82) is 0 Å². The molecule has 3 fully saturated rings. The molecule has 3 atom stereocenters. The van der Waals surface area contributed by atoms with Gasteiger partial charge >= 0.3 is 6.18 Å². The average molecular weight is 951 g/mol. The van der Waals surface area contributed by atoms with Crippen LogP contribution >= 0.6 is 11.6 Å². The molecule has 0 spiro atoms. The topological polar surface area (TPSA) is 126 Å². The Kier molecular flexibility index (Phi) is 17.6. The van der Waals surface area contributed by atoms with Crippen molar-refractivity contribution in [2.75, 3.05) is 41.3 Å². The first-order valence-corrected chi connectivity index (χ1v) is 24.3. The van der Waals surface area contributed by atoms with Crippen LogP contribution in [0.1, 0.15) is 105 Å². The Labute approximate surface area is 400 Å². The standard InChI is InChI=1S/C52H71ClF3N7O4/c1-35-8-7-9-39(30-35)32-51(62(5)6)25-20-42(21-26-51)57-45(64)18-19-46(65)60-47(49(67)58-43-22-27-50(28-23-43,61(3)4)31-37-12-16-41(53)17-13-37)36(2)48(66)59-44-24-29-63(34-44)33-38-10-14-40(15-11-38)52(54,55)56/h7-17,30,36,42-44,47H,18-29,31-34H2,1-6H3,(H,57,64)(H,58,67)(H,59,66)(H,60,65). The highest BCUT2D eigenvalue weighted by Crippen LogP contribution is 2.37. The van der Waals surface area contributed by atoms with Crippen molar-refractivity contribution in [2.24, 2.45) is 5.92 Å². The van der Waals surface area contributed by atoms with Crippen LogP contribution in [0.15, 0.2) is 72.8 Å². The molecule has 3 aromatic rings. The molecule has 3 aliphatic rings. The van der Waals surface area contributed by atoms with E-state index >= 15 is 0 Å². The lowest BCUT2D eigenvalue weighted by atomic mass is 9.74. The van der Waals surface area contributed by atoms with Crippen molar-refractivity contribution in [3.8, 4) is 0 Å². The van der Waals surface area contributed by atoms with E-state index in [1.54, 1.807) is 6.92 Å². The van der Waals surface area contributed by atoms with Crippen LogP contribution in [0, 0.1) is 12.8 Å². The number of likely N-dealkylation sites (tertiary alicyclic amines) is 1. The van der Waals surface area contributed by atoms with Gasteiger partial charge in [0.2, 0.25) is 23.6 Å². The molecule has 0 bridgehead atoms. The fourth-order valence-corrected chi connectivity index (χ4v) is 10.6. The van der Waals surface area contributed by atoms with Gasteiger partial charge in [0.1, 0.15) is 6.04 Å². The Hall–Kier alpha value is -4.50. The van der Waals surface area contributed by atoms with E-state index in [-0.39, 0.29) is 48.0 Å². The number of hydrogen-bond donors (Lipinski definition) is 4. The maximum absolute atomic E-state index is 14.2. The molecule has 67 heavy (non-hydrogen) atoms. The number of benzene rings is 3. The second kappa shape index (κ2) is 22.7. The van der Waals surface area contributed by atoms with Crippen LogP contribution in [-0.2, 0) is 44.7 Å². The van der Waals surface area contributed by atoms with Crippen molar-refractivity contribution < 1.29 is 32.3 Å². The van der Waals surface area contributed by atoms with E-state index in [1.165, 1.54) is 28.8 Å². The summed E-state index contributed by atoms with van der Waals surface area (Å²) in [5, 5.41) is 12.9. The van der Waals surface area contributed by atoms with Crippen LogP contribution in [-0.4, -0.2) is 115 Å². The van der Waals surface area contributed by atoms with E-state index in [0.29, 0.717) is 43.9 Å². The minimum atomic E-state index is -4.41. The molecule has 6 rings (SSSR count). The molecule has 4 amide bonds. The fraction of sp³-hybridized carbons (Fsp3) is 0.577. The first-order chi connectivity index (χ1) is 31.7. The fourth-order valence-electron chi connectivity index (χ4n) is 10.5. The van der Waals surface area contributed by atoms with Crippen molar-refractivity contribution >= 4 is 35.2 Å². The van der Waals surface area contributed by atoms with Crippen molar-refractivity contribution in [2.45, 2.75) is 145 Å². The van der Waals surface area contributed by atoms with Gasteiger partial charge < -0.3 is 31.1 Å². The van der Waals surface area contributed by atoms with Gasteiger partial charge in [-0.3, -0.25) is 24.1 Å². The molecule has 0 radical (unpaired) electrons. The van der Waals surface area contributed by atoms with Crippen LogP contribution in [0.25, 0.3) is 0 Å². The minimum Gasteiger partial charge on any atom is -0.353 e. The summed E-state index contributed by atoms with van der Waals surface area (Å²) < 4.78 is 39.3. The summed E-state index contributed by atoms with van der Waals surface area (Å²) in [5.74, 6) is -2.52. The molecule has 4 N–H and O–H groups in total. The molecule has 1 aliphatic heterocycles. The van der Waals surface area contributed by atoms with Gasteiger partial charge in [-0.1, -0.05) is 72.6 Å². The third-order valence-corrected chi connectivity index (χ3v) is 15.2. The highest BCUT2D eigenvalue weighted by molar-refractivity contribution is 6.30. The van der Waals surface area contributed by atoms with E-state index in [1.807, 2.05) is 24.3 Å². The first-order valence-electron chi connectivity index (χ1n) is 24.0. The van der Waals surface area contributed by atoms with Gasteiger partial charge in [0.05, 0.1) is 11.5 Å². The number of carbonyl (C=O) groups is 4. The van der Waals surface area contributed by atoms with Crippen LogP contribution in [0.2, 0.25) is 5.02 Å². The first kappa shape index (κ1) is 51.9. The van der Waals surface area contributed by atoms with Crippen LogP contribution in [0.5, 0.6) is 0 Å². The molecule has 1 heterocycles. The highest BCUT2D eigenvalue weighted by Gasteiger charge is 2.41. The number of halogens is 4. The van der Waals surface area contributed by atoms with Crippen molar-refractivity contribution in [3.05, 3.63) is 106 Å². The smallest absolute Gasteiger partial charge is 0.353 e. The summed E-state index contributed by atoms with van der Waals surface area (Å²) in [6.45, 7) is 5.26. The van der Waals surface area contributed by atoms with Gasteiger partial charge in [0.25, 0.3) is 0 Å². The lowest BCUT2D eigenvalue weighted by Gasteiger charge is -2.45. The maximum Gasteiger partial charge on any atom is 0.416 e. The Morgan fingerprint density at radius 3 is 1.81 bits per heavy atom. The second-order valence-electron chi connectivity index (χ2n) is 20.1. The summed E-state index contributed by atoms with van der Waals surface area (Å²) in [7, 11) is 8.41. The van der Waals surface area contributed by atoms with Crippen LogP contribution in [0.4, 0.5) is 13.2 Å². The van der Waals surface area contributed by atoms with Gasteiger partial charge in [-0.15, -0.1) is 0 Å². The Balaban J connectivity index is 1.05. The van der Waals surface area contributed by atoms with Crippen molar-refractivity contribution in [1.82, 2.24) is 36.0 Å². The molecule has 15 heteroatoms. The number of aryl methyl sites for hydroxylation is 1. The van der Waals surface area contributed by atoms with Gasteiger partial charge in [-0.05, 0) is 147 Å². The third-order valence-electron chi connectivity index (χ3n) is 14.9. The number of amides is 4.